The summed E-state index contributed by atoms with van der Waals surface area (Å²) in [6, 6.07) is 5.03. The monoisotopic (exact) mass is 419 g/mol. The molecule has 30 heavy (non-hydrogen) atoms. The fourth-order valence-corrected chi connectivity index (χ4v) is 3.75. The van der Waals surface area contributed by atoms with Gasteiger partial charge in [0, 0.05) is 17.7 Å². The van der Waals surface area contributed by atoms with Gasteiger partial charge in [0.2, 0.25) is 0 Å². The lowest BCUT2D eigenvalue weighted by Gasteiger charge is -2.36. The normalized spacial score (nSPS) is 21.1. The molecular formula is C22H29NO7. The van der Waals surface area contributed by atoms with Crippen molar-refractivity contribution in [3.8, 4) is 0 Å². The van der Waals surface area contributed by atoms with Crippen LogP contribution in [0.25, 0.3) is 0 Å². The third-order valence-corrected chi connectivity index (χ3v) is 5.54. The first kappa shape index (κ1) is 23.5. The van der Waals surface area contributed by atoms with Crippen LogP contribution in [0.1, 0.15) is 63.2 Å². The van der Waals surface area contributed by atoms with Gasteiger partial charge in [0.15, 0.2) is 12.4 Å². The smallest absolute Gasteiger partial charge is 0.306 e. The second kappa shape index (κ2) is 10.8. The third-order valence-electron chi connectivity index (χ3n) is 5.54. The topological polar surface area (TPSA) is 113 Å². The van der Waals surface area contributed by atoms with Crippen LogP contribution in [0.15, 0.2) is 24.3 Å². The number of ketones is 1. The zero-order chi connectivity index (χ0) is 22.3. The van der Waals surface area contributed by atoms with Gasteiger partial charge in [-0.15, -0.1) is 0 Å². The molecule has 0 unspecified atom stereocenters. The summed E-state index contributed by atoms with van der Waals surface area (Å²) in [5.74, 6) is -0.315. The number of non-ortho nitro benzene ring substituents is 1. The highest BCUT2D eigenvalue weighted by atomic mass is 16.6. The number of ether oxygens (including phenoxy) is 2. The van der Waals surface area contributed by atoms with Gasteiger partial charge in [0.1, 0.15) is 6.10 Å². The fourth-order valence-electron chi connectivity index (χ4n) is 3.75. The van der Waals surface area contributed by atoms with E-state index in [1.807, 2.05) is 0 Å². The minimum absolute atomic E-state index is 0.0970. The van der Waals surface area contributed by atoms with Crippen LogP contribution in [0.5, 0.6) is 0 Å². The lowest BCUT2D eigenvalue weighted by Crippen LogP contribution is -2.36. The van der Waals surface area contributed by atoms with Crippen LogP contribution >= 0.6 is 0 Å². The van der Waals surface area contributed by atoms with Gasteiger partial charge in [-0.3, -0.25) is 24.5 Å². The molecule has 8 heteroatoms. The minimum Gasteiger partial charge on any atom is -0.462 e. The molecule has 1 aromatic rings. The summed E-state index contributed by atoms with van der Waals surface area (Å²) < 4.78 is 10.6. The number of esters is 2. The van der Waals surface area contributed by atoms with Crippen LogP contribution in [0.2, 0.25) is 0 Å². The Morgan fingerprint density at radius 3 is 2.33 bits per heavy atom. The van der Waals surface area contributed by atoms with Crippen LogP contribution < -0.4 is 0 Å². The maximum atomic E-state index is 12.2. The van der Waals surface area contributed by atoms with E-state index < -0.39 is 29.3 Å². The van der Waals surface area contributed by atoms with Gasteiger partial charge in [-0.1, -0.05) is 27.2 Å². The highest BCUT2D eigenvalue weighted by molar-refractivity contribution is 5.98. The molecule has 1 aliphatic rings. The quantitative estimate of drug-likeness (QED) is 0.256. The molecule has 0 radical (unpaired) electrons. The van der Waals surface area contributed by atoms with Crippen LogP contribution in [-0.4, -0.2) is 35.4 Å². The molecule has 0 aromatic heterocycles. The van der Waals surface area contributed by atoms with Crippen LogP contribution in [-0.2, 0) is 19.1 Å². The van der Waals surface area contributed by atoms with E-state index in [9.17, 15) is 24.5 Å². The Labute approximate surface area is 176 Å². The second-order valence-electron chi connectivity index (χ2n) is 8.24. The fraction of sp³-hybridized carbons (Fsp3) is 0.591. The molecule has 1 saturated carbocycles. The second-order valence-corrected chi connectivity index (χ2v) is 8.24. The van der Waals surface area contributed by atoms with Gasteiger partial charge in [-0.25, -0.2) is 0 Å². The molecule has 1 aromatic carbocycles. The Morgan fingerprint density at radius 1 is 1.10 bits per heavy atom. The molecule has 1 aliphatic carbocycles. The average molecular weight is 419 g/mol. The molecule has 0 N–H and O–H groups in total. The Kier molecular flexibility index (Phi) is 8.50. The van der Waals surface area contributed by atoms with Crippen molar-refractivity contribution in [1.82, 2.24) is 0 Å². The highest BCUT2D eigenvalue weighted by Gasteiger charge is 2.33. The summed E-state index contributed by atoms with van der Waals surface area (Å²) >= 11 is 0. The summed E-state index contributed by atoms with van der Waals surface area (Å²) in [5.41, 5.74) is 0.0769. The number of hydrogen-bond acceptors (Lipinski definition) is 7. The number of Topliss-reactive ketones (excluding diaryl/α,β-unsaturated/α-hetero) is 1. The maximum Gasteiger partial charge on any atom is 0.306 e. The number of carbonyl (C=O) groups excluding carboxylic acids is 3. The van der Waals surface area contributed by atoms with Crippen molar-refractivity contribution < 1.29 is 28.8 Å². The molecule has 0 saturated heterocycles. The van der Waals surface area contributed by atoms with Crippen molar-refractivity contribution >= 4 is 23.4 Å². The number of benzene rings is 1. The summed E-state index contributed by atoms with van der Waals surface area (Å²) in [4.78, 5) is 46.1. The molecule has 3 atom stereocenters. The largest absolute Gasteiger partial charge is 0.462 e. The van der Waals surface area contributed by atoms with Gasteiger partial charge >= 0.3 is 11.9 Å². The Morgan fingerprint density at radius 2 is 1.73 bits per heavy atom. The Balaban J connectivity index is 1.75. The molecule has 0 amide bonds. The number of nitro groups is 1. The lowest BCUT2D eigenvalue weighted by molar-refractivity contribution is -0.384. The van der Waals surface area contributed by atoms with Crippen LogP contribution in [0.3, 0.4) is 0 Å². The molecular weight excluding hydrogens is 390 g/mol. The highest BCUT2D eigenvalue weighted by Crippen LogP contribution is 2.35. The van der Waals surface area contributed by atoms with E-state index in [0.29, 0.717) is 17.8 Å². The molecule has 164 valence electrons. The molecule has 0 spiro atoms. The van der Waals surface area contributed by atoms with Crippen molar-refractivity contribution in [2.45, 2.75) is 59.0 Å². The van der Waals surface area contributed by atoms with Crippen LogP contribution in [0.4, 0.5) is 5.69 Å². The van der Waals surface area contributed by atoms with Crippen molar-refractivity contribution in [2.75, 3.05) is 6.61 Å². The summed E-state index contributed by atoms with van der Waals surface area (Å²) in [5, 5.41) is 10.6. The number of nitro benzene ring substituents is 1. The van der Waals surface area contributed by atoms with Gasteiger partial charge in [-0.2, -0.15) is 0 Å². The lowest BCUT2D eigenvalue weighted by atomic mass is 9.75. The minimum atomic E-state index is -0.667. The average Bonchev–Trinajstić information content (AvgIpc) is 2.70. The zero-order valence-corrected chi connectivity index (χ0v) is 17.7. The molecule has 0 bridgehead atoms. The predicted octanol–water partition coefficient (Wildman–Crippen LogP) is 4.10. The zero-order valence-electron chi connectivity index (χ0n) is 17.7. The van der Waals surface area contributed by atoms with Crippen molar-refractivity contribution in [3.63, 3.8) is 0 Å². The number of nitrogens with zero attached hydrogens (tertiary/aromatic N) is 1. The van der Waals surface area contributed by atoms with Crippen molar-refractivity contribution in [1.29, 1.82) is 0 Å². The SMILES string of the molecule is CC(C)[C@@H]1CC[C@@H](C)C[C@@H]1OC(=O)CCC(=O)OCC(=O)c1ccc([N+](=O)[O-])cc1. The van der Waals surface area contributed by atoms with E-state index in [1.165, 1.54) is 24.3 Å². The van der Waals surface area contributed by atoms with E-state index in [2.05, 4.69) is 20.8 Å². The van der Waals surface area contributed by atoms with E-state index in [-0.39, 0.29) is 30.2 Å². The summed E-state index contributed by atoms with van der Waals surface area (Å²) in [7, 11) is 0. The first-order valence-electron chi connectivity index (χ1n) is 10.3. The van der Waals surface area contributed by atoms with Gasteiger partial charge < -0.3 is 9.47 Å². The summed E-state index contributed by atoms with van der Waals surface area (Å²) in [6.07, 6.45) is 2.61. The standard InChI is InChI=1S/C22H29NO7/c1-14(2)18-9-4-15(3)12-20(18)30-22(26)11-10-21(25)29-13-19(24)16-5-7-17(8-6-16)23(27)28/h5-8,14-15,18,20H,4,9-13H2,1-3H3/t15-,18+,20+/m1/s1. The number of rotatable bonds is 9. The molecule has 8 nitrogen and oxygen atoms in total. The third kappa shape index (κ3) is 6.93. The van der Waals surface area contributed by atoms with E-state index in [1.54, 1.807) is 0 Å². The van der Waals surface area contributed by atoms with Crippen LogP contribution in [0, 0.1) is 27.9 Å². The van der Waals surface area contributed by atoms with Gasteiger partial charge in [0.05, 0.1) is 17.8 Å². The molecule has 1 fully saturated rings. The molecule has 2 rings (SSSR count). The molecule has 0 heterocycles. The van der Waals surface area contributed by atoms with Crippen molar-refractivity contribution in [3.05, 3.63) is 39.9 Å². The Bertz CT molecular complexity index is 772. The van der Waals surface area contributed by atoms with Gasteiger partial charge in [0.25, 0.3) is 5.69 Å². The predicted molar refractivity (Wildman–Crippen MR) is 109 cm³/mol. The van der Waals surface area contributed by atoms with Crippen molar-refractivity contribution in [2.24, 2.45) is 17.8 Å². The van der Waals surface area contributed by atoms with E-state index in [0.717, 1.165) is 19.3 Å². The number of carbonyl (C=O) groups is 3. The Hall–Kier alpha value is -2.77. The number of hydrogen-bond donors (Lipinski definition) is 0. The van der Waals surface area contributed by atoms with E-state index >= 15 is 0 Å². The maximum absolute atomic E-state index is 12.2. The first-order valence-corrected chi connectivity index (χ1v) is 10.3. The first-order chi connectivity index (χ1) is 14.2. The molecule has 0 aliphatic heterocycles. The van der Waals surface area contributed by atoms with Gasteiger partial charge in [-0.05, 0) is 42.7 Å². The van der Waals surface area contributed by atoms with E-state index in [4.69, 9.17) is 9.47 Å². The summed E-state index contributed by atoms with van der Waals surface area (Å²) in [6.45, 7) is 5.92.